The standard InChI is InChI=1S/C22H23ClN6O3/c1-13-17(12-24-29(13)19-9-10-20(30)28-27-19)22(32)26-15-7-8-18(23)16(11-15)21(31)25-14-5-3-2-4-6-14/h7-12,14H,2-6H2,1H3,(H,25,31)(H,26,32)(H,28,30). The second kappa shape index (κ2) is 9.35. The van der Waals surface area contributed by atoms with Crippen LogP contribution in [0.4, 0.5) is 5.69 Å². The normalized spacial score (nSPS) is 14.2. The summed E-state index contributed by atoms with van der Waals surface area (Å²) in [7, 11) is 0. The maximum atomic E-state index is 12.8. The van der Waals surface area contributed by atoms with Crippen LogP contribution < -0.4 is 16.2 Å². The van der Waals surface area contributed by atoms with Crippen LogP contribution in [0.25, 0.3) is 5.82 Å². The Morgan fingerprint density at radius 3 is 2.59 bits per heavy atom. The van der Waals surface area contributed by atoms with Gasteiger partial charge in [-0.3, -0.25) is 14.4 Å². The van der Waals surface area contributed by atoms with E-state index in [9.17, 15) is 14.4 Å². The highest BCUT2D eigenvalue weighted by Crippen LogP contribution is 2.23. The molecule has 0 unspecified atom stereocenters. The van der Waals surface area contributed by atoms with Crippen molar-refractivity contribution in [2.24, 2.45) is 0 Å². The van der Waals surface area contributed by atoms with Crippen LogP contribution in [0.2, 0.25) is 5.02 Å². The number of carbonyl (C=O) groups excluding carboxylic acids is 2. The van der Waals surface area contributed by atoms with Gasteiger partial charge in [0.1, 0.15) is 0 Å². The molecule has 2 amide bonds. The quantitative estimate of drug-likeness (QED) is 0.546. The molecule has 1 fully saturated rings. The summed E-state index contributed by atoms with van der Waals surface area (Å²) in [4.78, 5) is 36.8. The number of aromatic amines is 1. The third kappa shape index (κ3) is 4.72. The zero-order valence-corrected chi connectivity index (χ0v) is 18.3. The molecule has 2 heterocycles. The highest BCUT2D eigenvalue weighted by Gasteiger charge is 2.20. The fourth-order valence-corrected chi connectivity index (χ4v) is 4.01. The lowest BCUT2D eigenvalue weighted by atomic mass is 9.95. The number of hydrogen-bond donors (Lipinski definition) is 3. The van der Waals surface area contributed by atoms with Crippen molar-refractivity contribution in [2.45, 2.75) is 45.1 Å². The van der Waals surface area contributed by atoms with Crippen LogP contribution in [0.5, 0.6) is 0 Å². The van der Waals surface area contributed by atoms with E-state index in [1.54, 1.807) is 25.1 Å². The van der Waals surface area contributed by atoms with Crippen LogP contribution in [-0.2, 0) is 0 Å². The fourth-order valence-electron chi connectivity index (χ4n) is 3.80. The van der Waals surface area contributed by atoms with Crippen molar-refractivity contribution in [3.8, 4) is 5.82 Å². The van der Waals surface area contributed by atoms with E-state index in [-0.39, 0.29) is 23.4 Å². The van der Waals surface area contributed by atoms with Crippen molar-refractivity contribution in [3.05, 3.63) is 68.7 Å². The molecule has 0 radical (unpaired) electrons. The molecule has 1 aliphatic carbocycles. The molecule has 0 saturated heterocycles. The highest BCUT2D eigenvalue weighted by molar-refractivity contribution is 6.34. The van der Waals surface area contributed by atoms with Gasteiger partial charge in [0.15, 0.2) is 5.82 Å². The van der Waals surface area contributed by atoms with Crippen LogP contribution in [0.3, 0.4) is 0 Å². The number of anilines is 1. The number of halogens is 1. The van der Waals surface area contributed by atoms with E-state index in [1.807, 2.05) is 0 Å². The first-order chi connectivity index (χ1) is 15.4. The molecule has 10 heteroatoms. The van der Waals surface area contributed by atoms with Crippen molar-refractivity contribution in [1.29, 1.82) is 0 Å². The minimum atomic E-state index is -0.390. The molecule has 0 aliphatic heterocycles. The fraction of sp³-hybridized carbons (Fsp3) is 0.318. The molecule has 2 aromatic heterocycles. The molecule has 3 N–H and O–H groups in total. The van der Waals surface area contributed by atoms with Crippen molar-refractivity contribution >= 4 is 29.1 Å². The molecule has 166 valence electrons. The lowest BCUT2D eigenvalue weighted by Gasteiger charge is -2.23. The Bertz CT molecular complexity index is 1190. The minimum absolute atomic E-state index is 0.153. The maximum absolute atomic E-state index is 12.8. The summed E-state index contributed by atoms with van der Waals surface area (Å²) in [5, 5.41) is 16.6. The first kappa shape index (κ1) is 21.8. The summed E-state index contributed by atoms with van der Waals surface area (Å²) in [5.74, 6) is -0.250. The second-order valence-electron chi connectivity index (χ2n) is 7.79. The Morgan fingerprint density at radius 1 is 1.09 bits per heavy atom. The summed E-state index contributed by atoms with van der Waals surface area (Å²) in [6.45, 7) is 1.72. The molecule has 0 bridgehead atoms. The number of benzene rings is 1. The van der Waals surface area contributed by atoms with Gasteiger partial charge < -0.3 is 10.6 Å². The first-order valence-corrected chi connectivity index (χ1v) is 10.8. The van der Waals surface area contributed by atoms with Gasteiger partial charge >= 0.3 is 0 Å². The van der Waals surface area contributed by atoms with Crippen molar-refractivity contribution in [1.82, 2.24) is 25.3 Å². The predicted molar refractivity (Wildman–Crippen MR) is 120 cm³/mol. The lowest BCUT2D eigenvalue weighted by Crippen LogP contribution is -2.36. The largest absolute Gasteiger partial charge is 0.349 e. The Hall–Kier alpha value is -3.46. The summed E-state index contributed by atoms with van der Waals surface area (Å²) < 4.78 is 1.45. The van der Waals surface area contributed by atoms with Gasteiger partial charge in [-0.25, -0.2) is 9.78 Å². The summed E-state index contributed by atoms with van der Waals surface area (Å²) in [5.41, 5.74) is 1.32. The topological polar surface area (TPSA) is 122 Å². The van der Waals surface area contributed by atoms with Crippen LogP contribution in [0.1, 0.15) is 58.5 Å². The molecule has 1 aliphatic rings. The number of rotatable bonds is 5. The van der Waals surface area contributed by atoms with Gasteiger partial charge in [0.2, 0.25) is 0 Å². The van der Waals surface area contributed by atoms with Crippen LogP contribution >= 0.6 is 11.6 Å². The van der Waals surface area contributed by atoms with Gasteiger partial charge in [-0.2, -0.15) is 10.2 Å². The Labute approximate surface area is 189 Å². The van der Waals surface area contributed by atoms with Crippen LogP contribution in [0.15, 0.2) is 41.3 Å². The number of aromatic nitrogens is 4. The summed E-state index contributed by atoms with van der Waals surface area (Å²) >= 11 is 6.25. The van der Waals surface area contributed by atoms with E-state index in [1.165, 1.54) is 29.4 Å². The molecule has 4 rings (SSSR count). The number of nitrogens with zero attached hydrogens (tertiary/aromatic N) is 3. The van der Waals surface area contributed by atoms with Gasteiger partial charge in [0, 0.05) is 17.8 Å². The third-order valence-electron chi connectivity index (χ3n) is 5.55. The number of amides is 2. The average molecular weight is 455 g/mol. The van der Waals surface area contributed by atoms with E-state index in [4.69, 9.17) is 11.6 Å². The lowest BCUT2D eigenvalue weighted by molar-refractivity contribution is 0.0926. The van der Waals surface area contributed by atoms with E-state index in [0.29, 0.717) is 33.3 Å². The SMILES string of the molecule is Cc1c(C(=O)Nc2ccc(Cl)c(C(=O)NC3CCCCC3)c2)cnn1-c1ccc(=O)[nH]n1. The summed E-state index contributed by atoms with van der Waals surface area (Å²) in [6.07, 6.45) is 6.76. The smallest absolute Gasteiger partial charge is 0.264 e. The van der Waals surface area contributed by atoms with Crippen molar-refractivity contribution in [2.75, 3.05) is 5.32 Å². The number of H-pyrrole nitrogens is 1. The minimum Gasteiger partial charge on any atom is -0.349 e. The van der Waals surface area contributed by atoms with E-state index in [0.717, 1.165) is 25.7 Å². The zero-order valence-electron chi connectivity index (χ0n) is 17.5. The molecular weight excluding hydrogens is 432 g/mol. The zero-order chi connectivity index (χ0) is 22.7. The molecule has 3 aromatic rings. The van der Waals surface area contributed by atoms with Crippen LogP contribution in [0, 0.1) is 6.92 Å². The summed E-state index contributed by atoms with van der Waals surface area (Å²) in [6, 6.07) is 7.80. The monoisotopic (exact) mass is 454 g/mol. The maximum Gasteiger partial charge on any atom is 0.264 e. The Kier molecular flexibility index (Phi) is 6.36. The van der Waals surface area contributed by atoms with Crippen molar-refractivity contribution in [3.63, 3.8) is 0 Å². The Balaban J connectivity index is 1.50. The van der Waals surface area contributed by atoms with Gasteiger partial charge in [-0.05, 0) is 44.0 Å². The average Bonchev–Trinajstić information content (AvgIpc) is 3.17. The predicted octanol–water partition coefficient (Wildman–Crippen LogP) is 3.23. The number of hydrogen-bond acceptors (Lipinski definition) is 5. The van der Waals surface area contributed by atoms with Crippen LogP contribution in [-0.4, -0.2) is 37.8 Å². The van der Waals surface area contributed by atoms with Gasteiger partial charge in [0.25, 0.3) is 17.4 Å². The van der Waals surface area contributed by atoms with Gasteiger partial charge in [-0.15, -0.1) is 0 Å². The van der Waals surface area contributed by atoms with Gasteiger partial charge in [-0.1, -0.05) is 30.9 Å². The molecule has 9 nitrogen and oxygen atoms in total. The van der Waals surface area contributed by atoms with E-state index >= 15 is 0 Å². The molecule has 1 saturated carbocycles. The highest BCUT2D eigenvalue weighted by atomic mass is 35.5. The molecule has 0 atom stereocenters. The van der Waals surface area contributed by atoms with Crippen molar-refractivity contribution < 1.29 is 9.59 Å². The molecular formula is C22H23ClN6O3. The third-order valence-corrected chi connectivity index (χ3v) is 5.87. The molecule has 1 aromatic carbocycles. The molecule has 0 spiro atoms. The van der Waals surface area contributed by atoms with Gasteiger partial charge in [0.05, 0.1) is 28.0 Å². The second-order valence-corrected chi connectivity index (χ2v) is 8.20. The van der Waals surface area contributed by atoms with E-state index in [2.05, 4.69) is 25.9 Å². The number of carbonyl (C=O) groups is 2. The first-order valence-electron chi connectivity index (χ1n) is 10.4. The molecule has 32 heavy (non-hydrogen) atoms. The number of nitrogens with one attached hydrogen (secondary N) is 3. The van der Waals surface area contributed by atoms with E-state index < -0.39 is 0 Å². The Morgan fingerprint density at radius 2 is 1.88 bits per heavy atom.